The molecule has 2 radical (unpaired) electrons. The Labute approximate surface area is 476 Å². The van der Waals surface area contributed by atoms with Crippen molar-refractivity contribution >= 4 is 156 Å². The van der Waals surface area contributed by atoms with Gasteiger partial charge >= 0.3 is 154 Å². The number of anilines is 4. The second kappa shape index (κ2) is 30.9. The molecule has 2 aromatic heterocycles. The average molecular weight is 1280 g/mol. The quantitative estimate of drug-likeness (QED) is 0.00512. The van der Waals surface area contributed by atoms with Crippen LogP contribution in [0.15, 0.2) is 108 Å². The third-order valence-corrected chi connectivity index (χ3v) is 10.8. The van der Waals surface area contributed by atoms with Gasteiger partial charge in [-0.3, -0.25) is 14.3 Å². The number of hydrogen-bond donors (Lipinski definition) is 4. The van der Waals surface area contributed by atoms with Gasteiger partial charge in [-0.05, 0) is 82.2 Å². The minimum atomic E-state index is -5.28. The van der Waals surface area contributed by atoms with Gasteiger partial charge in [0.2, 0.25) is 0 Å². The van der Waals surface area contributed by atoms with Crippen molar-refractivity contribution in [2.24, 2.45) is 20.5 Å². The van der Waals surface area contributed by atoms with Crippen LogP contribution in [-0.4, -0.2) is 60.4 Å². The van der Waals surface area contributed by atoms with E-state index in [4.69, 9.17) is 33.0 Å². The maximum atomic E-state index is 12.6. The van der Waals surface area contributed by atoms with Crippen LogP contribution in [0.2, 0.25) is 5.28 Å². The van der Waals surface area contributed by atoms with E-state index in [9.17, 15) is 41.8 Å². The summed E-state index contributed by atoms with van der Waals surface area (Å²) in [6, 6.07) is 12.5. The number of carboxylic acids is 1. The van der Waals surface area contributed by atoms with E-state index in [1.165, 1.54) is 71.6 Å². The van der Waals surface area contributed by atoms with E-state index in [1.807, 2.05) is 0 Å². The summed E-state index contributed by atoms with van der Waals surface area (Å²) >= 11 is 7.69. The molecule has 0 saturated heterocycles. The number of nitrogen functional groups attached to an aromatic ring is 2. The van der Waals surface area contributed by atoms with Gasteiger partial charge in [0.25, 0.3) is 0 Å². The Morgan fingerprint density at radius 1 is 0.939 bits per heavy atom. The molecule has 37 heteroatoms. The van der Waals surface area contributed by atoms with Crippen LogP contribution in [0.25, 0.3) is 5.95 Å². The third-order valence-electron chi connectivity index (χ3n) is 7.08. The van der Waals surface area contributed by atoms with Gasteiger partial charge in [-0.2, -0.15) is 14.4 Å². The predicted octanol–water partition coefficient (Wildman–Crippen LogP) is -5.60. The number of pyridine rings is 1. The molecule has 5 N–H and O–H groups in total. The minimum absolute atomic E-state index is 0. The molecule has 0 bridgehead atoms. The molecule has 5 aromatic rings. The second-order valence-electron chi connectivity index (χ2n) is 11.0. The number of aromatic carboxylic acids is 1. The van der Waals surface area contributed by atoms with E-state index >= 15 is 0 Å². The van der Waals surface area contributed by atoms with E-state index in [-0.39, 0.29) is 157 Å². The van der Waals surface area contributed by atoms with E-state index < -0.39 is 73.6 Å². The molecule has 0 unspecified atom stereocenters. The summed E-state index contributed by atoms with van der Waals surface area (Å²) in [6.07, 6.45) is 2.63. The van der Waals surface area contributed by atoms with E-state index in [1.54, 1.807) is 0 Å². The summed E-state index contributed by atoms with van der Waals surface area (Å²) in [4.78, 5) is 22.5. The molecule has 25 nitrogen and oxygen atoms in total. The van der Waals surface area contributed by atoms with Gasteiger partial charge in [-0.25, -0.2) is 21.4 Å². The van der Waals surface area contributed by atoms with Crippen LogP contribution in [0.4, 0.5) is 45.8 Å². The number of thiol groups is 1. The third kappa shape index (κ3) is 20.2. The van der Waals surface area contributed by atoms with Gasteiger partial charge in [0, 0.05) is 11.3 Å². The van der Waals surface area contributed by atoms with Crippen LogP contribution in [0.3, 0.4) is 0 Å². The second-order valence-corrected chi connectivity index (χ2v) is 30.2. The number of nitrogens with zero attached hydrogens (tertiary/aromatic N) is 8. The number of nitrogens with two attached hydrogens (primary N) is 2. The first-order valence-electron chi connectivity index (χ1n) is 15.9. The first-order valence-corrected chi connectivity index (χ1v) is 31.5. The number of aromatic nitrogens is 4. The van der Waals surface area contributed by atoms with Crippen LogP contribution in [-0.2, 0) is 42.9 Å². The fourth-order valence-corrected chi connectivity index (χ4v) is 7.07. The molecule has 0 atom stereocenters. The molecule has 0 aliphatic carbocycles. The SMILES string of the molecule is Nc1c(N=Nc2ccc(S(=O)(=O)CCOSOO[O-])cc2)cc(S(=O)(=O)[O-])c(N)c1N=Nc1cc(Nc2nc(Cl)nc(-[n+]3cccc(C(=O)[O-])c3)n2)ccc1SOO[O-].[B]I(S)I.[Na+].[Na+].[Na+]. The van der Waals surface area contributed by atoms with Crippen molar-refractivity contribution in [2.75, 3.05) is 29.1 Å². The first-order chi connectivity index (χ1) is 29.8. The number of azo groups is 2. The summed E-state index contributed by atoms with van der Waals surface area (Å²) in [6.45, 7) is -0.354. The van der Waals surface area contributed by atoms with E-state index in [2.05, 4.69) is 87.9 Å². The zero-order valence-electron chi connectivity index (χ0n) is 33.6. The first kappa shape index (κ1) is 63.4. The van der Waals surface area contributed by atoms with Crippen molar-refractivity contribution in [3.05, 3.63) is 83.9 Å². The summed E-state index contributed by atoms with van der Waals surface area (Å²) < 4.78 is 76.0. The van der Waals surface area contributed by atoms with Crippen LogP contribution in [0.1, 0.15) is 10.4 Å². The largest absolute Gasteiger partial charge is 1.00 e. The summed E-state index contributed by atoms with van der Waals surface area (Å²) in [7, 11) is -5.25. The van der Waals surface area contributed by atoms with Crippen molar-refractivity contribution < 1.29 is 158 Å². The number of carbonyl (C=O) groups excluding carboxylic acids is 1. The summed E-state index contributed by atoms with van der Waals surface area (Å²) in [5.41, 5.74) is 15.3. The number of halogens is 3. The minimum Gasteiger partial charge on any atom is 1.00 e. The smallest absolute Gasteiger partial charge is 1.00 e. The molecule has 5 rings (SSSR count). The van der Waals surface area contributed by atoms with Crippen LogP contribution in [0, 0.1) is 0 Å². The van der Waals surface area contributed by atoms with Crippen LogP contribution in [0.5, 0.6) is 0 Å². The fourth-order valence-electron chi connectivity index (χ4n) is 4.48. The molecular weight excluding hydrogens is 1260 g/mol. The molecule has 0 saturated carbocycles. The van der Waals surface area contributed by atoms with Gasteiger partial charge in [0.1, 0.15) is 27.2 Å². The molecule has 334 valence electrons. The van der Waals surface area contributed by atoms with E-state index in [0.717, 1.165) is 6.07 Å². The molecule has 3 aromatic carbocycles. The number of nitrogens with one attached hydrogen (secondary N) is 1. The number of rotatable bonds is 19. The van der Waals surface area contributed by atoms with Crippen molar-refractivity contribution in [3.63, 3.8) is 0 Å². The standard InChI is InChI=1S/C29H24ClN11O14S4.BHI2S.3Na/c30-27-34-28(36-29(35-27)41-9-1-2-15(14-41)26(42)43)33-17-5-8-21(56-54-52-44)19(12-17)38-40-25-23(31)20(13-22(24(25)32)59(48,49)50)39-37-16-3-6-18(7-4-16)58(46,47)11-10-51-57-55-53-45;1-3(2)4;;;/h1-9,12-14H,10-11,31-32H2,(H4-,33,34,35,36,42,43,44,45,48,49,50);4H;;;/q;;3*+1/p-3. The number of carbonyl (C=O) groups is 1. The monoisotopic (exact) mass is 1280 g/mol. The van der Waals surface area contributed by atoms with Gasteiger partial charge in [0.15, 0.2) is 22.2 Å². The maximum Gasteiger partial charge on any atom is 1.00 e. The number of carboxylic acid groups (broad SMARTS) is 1. The number of sulfone groups is 1. The van der Waals surface area contributed by atoms with Crippen molar-refractivity contribution in [2.45, 2.75) is 14.7 Å². The zero-order chi connectivity index (χ0) is 46.3. The number of hydrogen-bond acceptors (Lipinski definition) is 27. The van der Waals surface area contributed by atoms with Crippen LogP contribution >= 0.6 is 78.6 Å². The van der Waals surface area contributed by atoms with Crippen molar-refractivity contribution in [1.82, 2.24) is 15.0 Å². The van der Waals surface area contributed by atoms with Crippen molar-refractivity contribution in [1.29, 1.82) is 0 Å². The predicted molar refractivity (Wildman–Crippen MR) is 237 cm³/mol. The van der Waals surface area contributed by atoms with Crippen molar-refractivity contribution in [3.8, 4) is 5.95 Å². The topological polar surface area (TPSA) is 380 Å². The molecule has 0 fully saturated rings. The van der Waals surface area contributed by atoms with Gasteiger partial charge in [-0.15, -0.1) is 19.7 Å². The Bertz CT molecular complexity index is 2720. The Morgan fingerprint density at radius 3 is 2.21 bits per heavy atom. The molecule has 2 heterocycles. The Hall–Kier alpha value is -0.665. The maximum absolute atomic E-state index is 12.6. The van der Waals surface area contributed by atoms with Gasteiger partial charge in [0.05, 0.1) is 74.5 Å². The van der Waals surface area contributed by atoms with Gasteiger partial charge in [-0.1, -0.05) is 0 Å². The molecule has 0 spiro atoms. The summed E-state index contributed by atoms with van der Waals surface area (Å²) in [5.74, 6) is -2.16. The van der Waals surface area contributed by atoms with Crippen LogP contribution < -0.4 is 126 Å². The molecule has 0 aliphatic rings. The average Bonchev–Trinajstić information content (AvgIpc) is 3.22. The number of benzene rings is 3. The van der Waals surface area contributed by atoms with Gasteiger partial charge < -0.3 is 41.8 Å². The zero-order valence-corrected chi connectivity index (χ0v) is 48.8. The molecule has 0 aliphatic heterocycles. The molecule has 0 amide bonds. The molecular formula is C29H22BClI2N11Na3O14S5. The summed E-state index contributed by atoms with van der Waals surface area (Å²) in [5, 5.41) is 56.7. The Balaban J connectivity index is 0.00000299. The normalized spacial score (nSPS) is 11.5. The Kier molecular flexibility index (Phi) is 29.7. The molecule has 66 heavy (non-hydrogen) atoms. The van der Waals surface area contributed by atoms with E-state index in [0.29, 0.717) is 12.0 Å². The Morgan fingerprint density at radius 2 is 1.59 bits per heavy atom. The fraction of sp³-hybridized carbons (Fsp3) is 0.0690.